The molecule has 1 atom stereocenters. The zero-order chi connectivity index (χ0) is 15.5. The van der Waals surface area contributed by atoms with Crippen molar-refractivity contribution in [2.75, 3.05) is 14.1 Å². The molecule has 1 aromatic rings. The molecular weight excluding hydrogens is 340 g/mol. The van der Waals surface area contributed by atoms with Crippen molar-refractivity contribution in [2.45, 2.75) is 44.7 Å². The van der Waals surface area contributed by atoms with E-state index in [-0.39, 0.29) is 6.04 Å². The maximum Gasteiger partial charge on any atom is 0.243 e. The van der Waals surface area contributed by atoms with Crippen LogP contribution in [0.3, 0.4) is 0 Å². The number of rotatable bonds is 6. The lowest BCUT2D eigenvalue weighted by Gasteiger charge is -2.24. The van der Waals surface area contributed by atoms with Crippen LogP contribution in [0.15, 0.2) is 21.5 Å². The van der Waals surface area contributed by atoms with Gasteiger partial charge in [0, 0.05) is 24.1 Å². The van der Waals surface area contributed by atoms with Gasteiger partial charge in [0.1, 0.15) is 0 Å². The van der Waals surface area contributed by atoms with Gasteiger partial charge in [-0.2, -0.15) is 4.31 Å². The first kappa shape index (κ1) is 17.6. The third-order valence-electron chi connectivity index (χ3n) is 3.61. The van der Waals surface area contributed by atoms with E-state index in [9.17, 15) is 8.42 Å². The van der Waals surface area contributed by atoms with E-state index in [4.69, 9.17) is 0 Å². The second-order valence-electron chi connectivity index (χ2n) is 5.01. The maximum absolute atomic E-state index is 12.7. The third kappa shape index (κ3) is 3.61. The highest BCUT2D eigenvalue weighted by molar-refractivity contribution is 9.10. The summed E-state index contributed by atoms with van der Waals surface area (Å²) in [5.74, 6) is 0. The molecule has 0 heterocycles. The standard InChI is InChI=1S/C14H23BrN2O2S/c1-6-10(2)17(5)20(18,19)14-8-12(9-16-4)7-13(15)11(14)3/h7-8,10,16H,6,9H2,1-5H3. The van der Waals surface area contributed by atoms with Gasteiger partial charge >= 0.3 is 0 Å². The van der Waals surface area contributed by atoms with E-state index >= 15 is 0 Å². The molecule has 0 fully saturated rings. The van der Waals surface area contributed by atoms with Crippen molar-refractivity contribution in [3.63, 3.8) is 0 Å². The number of hydrogen-bond donors (Lipinski definition) is 1. The molecule has 0 aromatic heterocycles. The summed E-state index contributed by atoms with van der Waals surface area (Å²) in [7, 11) is 0.0122. The maximum atomic E-state index is 12.7. The molecule has 6 heteroatoms. The van der Waals surface area contributed by atoms with Gasteiger partial charge in [0.05, 0.1) is 4.90 Å². The Morgan fingerprint density at radius 2 is 2.00 bits per heavy atom. The van der Waals surface area contributed by atoms with E-state index in [0.717, 1.165) is 22.0 Å². The zero-order valence-corrected chi connectivity index (χ0v) is 15.1. The lowest BCUT2D eigenvalue weighted by Crippen LogP contribution is -2.35. The Bertz CT molecular complexity index is 573. The minimum absolute atomic E-state index is 0.0221. The van der Waals surface area contributed by atoms with Crippen LogP contribution in [0.25, 0.3) is 0 Å². The highest BCUT2D eigenvalue weighted by Crippen LogP contribution is 2.28. The van der Waals surface area contributed by atoms with E-state index in [1.165, 1.54) is 4.31 Å². The van der Waals surface area contributed by atoms with Gasteiger partial charge in [-0.3, -0.25) is 0 Å². The molecule has 114 valence electrons. The normalized spacial score (nSPS) is 13.8. The Morgan fingerprint density at radius 3 is 2.50 bits per heavy atom. The van der Waals surface area contributed by atoms with Gasteiger partial charge in [-0.15, -0.1) is 0 Å². The van der Waals surface area contributed by atoms with Crippen molar-refractivity contribution < 1.29 is 8.42 Å². The van der Waals surface area contributed by atoms with Crippen LogP contribution in [-0.2, 0) is 16.6 Å². The van der Waals surface area contributed by atoms with Crippen LogP contribution >= 0.6 is 15.9 Å². The fourth-order valence-corrected chi connectivity index (χ4v) is 4.30. The van der Waals surface area contributed by atoms with Crippen molar-refractivity contribution in [2.24, 2.45) is 0 Å². The summed E-state index contributed by atoms with van der Waals surface area (Å²) in [6.45, 7) is 6.36. The molecule has 0 saturated heterocycles. The number of nitrogens with one attached hydrogen (secondary N) is 1. The van der Waals surface area contributed by atoms with Gasteiger partial charge in [-0.05, 0) is 50.6 Å². The Kier molecular flexibility index (Phi) is 6.19. The zero-order valence-electron chi connectivity index (χ0n) is 12.7. The van der Waals surface area contributed by atoms with Gasteiger partial charge in [0.2, 0.25) is 10.0 Å². The molecular formula is C14H23BrN2O2S. The van der Waals surface area contributed by atoms with Crippen LogP contribution in [0.4, 0.5) is 0 Å². The molecule has 0 aliphatic carbocycles. The number of hydrogen-bond acceptors (Lipinski definition) is 3. The molecule has 1 unspecified atom stereocenters. The molecule has 0 aliphatic heterocycles. The number of nitrogens with zero attached hydrogens (tertiary/aromatic N) is 1. The minimum Gasteiger partial charge on any atom is -0.316 e. The Morgan fingerprint density at radius 1 is 1.40 bits per heavy atom. The first-order chi connectivity index (χ1) is 9.25. The molecule has 20 heavy (non-hydrogen) atoms. The predicted molar refractivity (Wildman–Crippen MR) is 86.3 cm³/mol. The van der Waals surface area contributed by atoms with Gasteiger partial charge in [0.25, 0.3) is 0 Å². The van der Waals surface area contributed by atoms with Crippen LogP contribution in [0.5, 0.6) is 0 Å². The van der Waals surface area contributed by atoms with Crippen molar-refractivity contribution in [1.29, 1.82) is 0 Å². The Balaban J connectivity index is 3.37. The third-order valence-corrected chi connectivity index (χ3v) is 6.53. The summed E-state index contributed by atoms with van der Waals surface area (Å²) in [6, 6.07) is 3.69. The van der Waals surface area contributed by atoms with E-state index in [1.807, 2.05) is 33.9 Å². The smallest absolute Gasteiger partial charge is 0.243 e. The molecule has 0 saturated carbocycles. The average Bonchev–Trinajstić information content (AvgIpc) is 2.40. The van der Waals surface area contributed by atoms with E-state index in [0.29, 0.717) is 11.4 Å². The first-order valence-corrected chi connectivity index (χ1v) is 8.90. The topological polar surface area (TPSA) is 49.4 Å². The highest BCUT2D eigenvalue weighted by atomic mass is 79.9. The van der Waals surface area contributed by atoms with Crippen molar-refractivity contribution in [3.05, 3.63) is 27.7 Å². The molecule has 1 aromatic carbocycles. The van der Waals surface area contributed by atoms with E-state index < -0.39 is 10.0 Å². The Hall–Kier alpha value is -0.430. The van der Waals surface area contributed by atoms with Gasteiger partial charge in [-0.1, -0.05) is 22.9 Å². The van der Waals surface area contributed by atoms with Crippen LogP contribution < -0.4 is 5.32 Å². The summed E-state index contributed by atoms with van der Waals surface area (Å²) in [5, 5.41) is 3.04. The second-order valence-corrected chi connectivity index (χ2v) is 7.83. The minimum atomic E-state index is -3.47. The van der Waals surface area contributed by atoms with Crippen LogP contribution in [0, 0.1) is 6.92 Å². The summed E-state index contributed by atoms with van der Waals surface area (Å²) in [6.07, 6.45) is 0.784. The molecule has 0 spiro atoms. The monoisotopic (exact) mass is 362 g/mol. The molecule has 0 radical (unpaired) electrons. The van der Waals surface area contributed by atoms with Crippen LogP contribution in [0.2, 0.25) is 0 Å². The number of benzene rings is 1. The first-order valence-electron chi connectivity index (χ1n) is 6.67. The highest BCUT2D eigenvalue weighted by Gasteiger charge is 2.27. The largest absolute Gasteiger partial charge is 0.316 e. The van der Waals surface area contributed by atoms with E-state index in [1.54, 1.807) is 13.1 Å². The fraction of sp³-hybridized carbons (Fsp3) is 0.571. The predicted octanol–water partition coefficient (Wildman–Crippen LogP) is 2.90. The quantitative estimate of drug-likeness (QED) is 0.846. The van der Waals surface area contributed by atoms with Gasteiger partial charge in [-0.25, -0.2) is 8.42 Å². The summed E-state index contributed by atoms with van der Waals surface area (Å²) in [5.41, 5.74) is 1.70. The Labute approximate surface area is 130 Å². The molecule has 0 aliphatic rings. The number of halogens is 1. The van der Waals surface area contributed by atoms with Crippen LogP contribution in [0.1, 0.15) is 31.4 Å². The molecule has 1 N–H and O–H groups in total. The van der Waals surface area contributed by atoms with Crippen LogP contribution in [-0.4, -0.2) is 32.9 Å². The van der Waals surface area contributed by atoms with Gasteiger partial charge < -0.3 is 5.32 Å². The summed E-state index contributed by atoms with van der Waals surface area (Å²) >= 11 is 3.45. The van der Waals surface area contributed by atoms with Gasteiger partial charge in [0.15, 0.2) is 0 Å². The molecule has 4 nitrogen and oxygen atoms in total. The lowest BCUT2D eigenvalue weighted by atomic mass is 10.1. The average molecular weight is 363 g/mol. The van der Waals surface area contributed by atoms with Crippen molar-refractivity contribution >= 4 is 26.0 Å². The molecule has 0 amide bonds. The lowest BCUT2D eigenvalue weighted by molar-refractivity contribution is 0.380. The van der Waals surface area contributed by atoms with Crippen molar-refractivity contribution in [1.82, 2.24) is 9.62 Å². The SMILES string of the molecule is CCC(C)N(C)S(=O)(=O)c1cc(CNC)cc(Br)c1C. The molecule has 0 bridgehead atoms. The second kappa shape index (κ2) is 7.02. The summed E-state index contributed by atoms with van der Waals surface area (Å²) in [4.78, 5) is 0.375. The van der Waals surface area contributed by atoms with Crippen molar-refractivity contribution in [3.8, 4) is 0 Å². The number of sulfonamides is 1. The summed E-state index contributed by atoms with van der Waals surface area (Å²) < 4.78 is 27.8. The molecule has 1 rings (SSSR count). The van der Waals surface area contributed by atoms with E-state index in [2.05, 4.69) is 21.2 Å². The fourth-order valence-electron chi connectivity index (χ4n) is 1.93.